The topological polar surface area (TPSA) is 69.6 Å². The number of halogens is 5. The van der Waals surface area contributed by atoms with Crippen molar-refractivity contribution in [3.05, 3.63) is 56.5 Å². The van der Waals surface area contributed by atoms with Crippen LogP contribution in [0.2, 0.25) is 0 Å². The number of ketones is 1. The number of carbonyl (C=O) groups excluding carboxylic acids is 2. The zero-order valence-corrected chi connectivity index (χ0v) is 23.8. The van der Waals surface area contributed by atoms with Crippen molar-refractivity contribution in [1.29, 1.82) is 0 Å². The Morgan fingerprint density at radius 3 is 2.21 bits per heavy atom. The lowest BCUT2D eigenvalue weighted by Gasteiger charge is -2.36. The van der Waals surface area contributed by atoms with Gasteiger partial charge in [-0.1, -0.05) is 6.07 Å². The van der Waals surface area contributed by atoms with Crippen molar-refractivity contribution in [2.24, 2.45) is 17.8 Å². The summed E-state index contributed by atoms with van der Waals surface area (Å²) in [4.78, 5) is 27.5. The molecule has 0 spiro atoms. The van der Waals surface area contributed by atoms with Crippen LogP contribution in [0.4, 0.5) is 18.9 Å². The monoisotopic (exact) mass is 656 g/mol. The molecule has 0 radical (unpaired) electrons. The van der Waals surface area contributed by atoms with Gasteiger partial charge in [-0.3, -0.25) is 14.5 Å². The third-order valence-electron chi connectivity index (χ3n) is 8.39. The number of Topliss-reactive ketones (excluding diaryl/α,β-unsaturated/α-hetero) is 1. The van der Waals surface area contributed by atoms with E-state index in [4.69, 9.17) is 0 Å². The molecule has 1 amide bonds. The first-order valence-electron chi connectivity index (χ1n) is 12.9. The minimum absolute atomic E-state index is 0.00985. The summed E-state index contributed by atoms with van der Waals surface area (Å²) in [5.41, 5.74) is 0.486. The first-order chi connectivity index (χ1) is 18.0. The molecule has 38 heavy (non-hydrogen) atoms. The summed E-state index contributed by atoms with van der Waals surface area (Å²) in [6, 6.07) is 9.04. The number of phenolic OH excluding ortho intramolecular Hbond substituents is 1. The van der Waals surface area contributed by atoms with Crippen LogP contribution in [-0.2, 0) is 15.8 Å². The van der Waals surface area contributed by atoms with Crippen molar-refractivity contribution in [3.63, 3.8) is 0 Å². The summed E-state index contributed by atoms with van der Waals surface area (Å²) in [5.74, 6) is 1.05. The van der Waals surface area contributed by atoms with Crippen molar-refractivity contribution in [3.8, 4) is 5.75 Å². The molecule has 1 saturated heterocycles. The normalized spacial score (nSPS) is 27.1. The number of anilines is 1. The van der Waals surface area contributed by atoms with Crippen molar-refractivity contribution in [2.75, 3.05) is 18.4 Å². The molecule has 2 aromatic rings. The largest absolute Gasteiger partial charge is 0.506 e. The third-order valence-corrected chi connectivity index (χ3v) is 9.60. The molecule has 1 aliphatic heterocycles. The molecule has 0 bridgehead atoms. The lowest BCUT2D eigenvalue weighted by Crippen LogP contribution is -2.38. The molecular weight excluding hydrogens is 629 g/mol. The Morgan fingerprint density at radius 2 is 1.61 bits per heavy atom. The quantitative estimate of drug-likeness (QED) is 0.333. The fraction of sp³-hybridized carbons (Fsp3) is 0.500. The first kappa shape index (κ1) is 27.6. The van der Waals surface area contributed by atoms with Gasteiger partial charge in [0.15, 0.2) is 0 Å². The maximum absolute atomic E-state index is 12.9. The number of phenols is 1. The van der Waals surface area contributed by atoms with E-state index < -0.39 is 17.6 Å². The Balaban J connectivity index is 1.04. The van der Waals surface area contributed by atoms with Gasteiger partial charge in [0, 0.05) is 43.6 Å². The molecule has 1 unspecified atom stereocenters. The molecule has 3 aliphatic rings. The highest BCUT2D eigenvalue weighted by Gasteiger charge is 2.59. The lowest BCUT2D eigenvalue weighted by molar-refractivity contribution is -0.137. The average Bonchev–Trinajstić information content (AvgIpc) is 3.38. The van der Waals surface area contributed by atoms with Crippen molar-refractivity contribution >= 4 is 49.2 Å². The Morgan fingerprint density at radius 1 is 0.974 bits per heavy atom. The van der Waals surface area contributed by atoms with E-state index >= 15 is 0 Å². The van der Waals surface area contributed by atoms with E-state index in [2.05, 4.69) is 42.1 Å². The van der Waals surface area contributed by atoms with Crippen LogP contribution in [-0.4, -0.2) is 40.8 Å². The number of hydrogen-bond acceptors (Lipinski definition) is 4. The Hall–Kier alpha value is -1.91. The van der Waals surface area contributed by atoms with Crippen molar-refractivity contribution in [1.82, 2.24) is 4.90 Å². The minimum atomic E-state index is -4.48. The highest BCUT2D eigenvalue weighted by atomic mass is 79.9. The summed E-state index contributed by atoms with van der Waals surface area (Å²) in [7, 11) is 0. The third kappa shape index (κ3) is 5.97. The van der Waals surface area contributed by atoms with Gasteiger partial charge in [0.25, 0.3) is 0 Å². The molecule has 1 heterocycles. The van der Waals surface area contributed by atoms with Gasteiger partial charge >= 0.3 is 6.18 Å². The molecule has 204 valence electrons. The number of hydrogen-bond donors (Lipinski definition) is 2. The maximum Gasteiger partial charge on any atom is 0.416 e. The molecule has 3 fully saturated rings. The number of amides is 1. The molecule has 2 aliphatic carbocycles. The van der Waals surface area contributed by atoms with Crippen LogP contribution in [0.1, 0.15) is 55.6 Å². The van der Waals surface area contributed by atoms with Gasteiger partial charge in [-0.25, -0.2) is 0 Å². The maximum atomic E-state index is 12.9. The zero-order chi connectivity index (χ0) is 27.2. The van der Waals surface area contributed by atoms with E-state index in [1.807, 2.05) is 12.1 Å². The summed E-state index contributed by atoms with van der Waals surface area (Å²) >= 11 is 6.85. The van der Waals surface area contributed by atoms with Crippen LogP contribution in [0, 0.1) is 17.8 Å². The van der Waals surface area contributed by atoms with Gasteiger partial charge in [-0.05, 0) is 111 Å². The number of nitrogens with one attached hydrogen (secondary N) is 1. The van der Waals surface area contributed by atoms with Crippen molar-refractivity contribution in [2.45, 2.75) is 56.7 Å². The van der Waals surface area contributed by atoms with Gasteiger partial charge < -0.3 is 10.4 Å². The van der Waals surface area contributed by atoms with Gasteiger partial charge in [0.05, 0.1) is 14.5 Å². The number of fused-ring (bicyclic) bond motifs is 1. The lowest BCUT2D eigenvalue weighted by atomic mass is 9.81. The van der Waals surface area contributed by atoms with Crippen molar-refractivity contribution < 1.29 is 27.9 Å². The second kappa shape index (κ2) is 10.9. The molecule has 0 aromatic heterocycles. The van der Waals surface area contributed by atoms with Crippen LogP contribution in [0.5, 0.6) is 5.75 Å². The smallest absolute Gasteiger partial charge is 0.416 e. The Labute approximate surface area is 236 Å². The van der Waals surface area contributed by atoms with Crippen LogP contribution in [0.25, 0.3) is 0 Å². The molecule has 10 heteroatoms. The molecule has 2 saturated carbocycles. The number of rotatable bonds is 7. The second-order valence-electron chi connectivity index (χ2n) is 10.7. The minimum Gasteiger partial charge on any atom is -0.506 e. The van der Waals surface area contributed by atoms with Crippen LogP contribution >= 0.6 is 31.9 Å². The van der Waals surface area contributed by atoms with Crippen LogP contribution in [0.3, 0.4) is 0 Å². The SMILES string of the molecule is O=C(CCC(=O)C1[C@H]2CN(C3CCC(c4cc(Br)c(O)c(Br)c4)CC3)C[C@@H]12)Nc1cccc(C(F)(F)F)c1. The molecule has 2 aromatic carbocycles. The number of alkyl halides is 3. The number of benzene rings is 2. The van der Waals surface area contributed by atoms with E-state index in [0.29, 0.717) is 32.7 Å². The van der Waals surface area contributed by atoms with E-state index in [-0.39, 0.29) is 36.0 Å². The van der Waals surface area contributed by atoms with Crippen LogP contribution < -0.4 is 5.32 Å². The number of aromatic hydroxyl groups is 1. The molecule has 5 nitrogen and oxygen atoms in total. The summed E-state index contributed by atoms with van der Waals surface area (Å²) < 4.78 is 40.0. The molecule has 2 N–H and O–H groups in total. The van der Waals surface area contributed by atoms with Gasteiger partial charge in [-0.2, -0.15) is 13.2 Å². The van der Waals surface area contributed by atoms with E-state index in [1.165, 1.54) is 17.7 Å². The number of piperidine rings is 1. The highest BCUT2D eigenvalue weighted by Crippen LogP contribution is 2.54. The number of carbonyl (C=O) groups is 2. The number of nitrogens with zero attached hydrogens (tertiary/aromatic N) is 1. The summed E-state index contributed by atoms with van der Waals surface area (Å²) in [6.45, 7) is 1.84. The Bertz CT molecular complexity index is 1200. The van der Waals surface area contributed by atoms with Gasteiger partial charge in [0.2, 0.25) is 5.91 Å². The Kier molecular flexibility index (Phi) is 7.95. The van der Waals surface area contributed by atoms with Gasteiger partial charge in [0.1, 0.15) is 11.5 Å². The predicted molar refractivity (Wildman–Crippen MR) is 145 cm³/mol. The average molecular weight is 658 g/mol. The fourth-order valence-electron chi connectivity index (χ4n) is 6.33. The molecular formula is C28H29Br2F3N2O3. The van der Waals surface area contributed by atoms with E-state index in [0.717, 1.165) is 50.9 Å². The van der Waals surface area contributed by atoms with Gasteiger partial charge in [-0.15, -0.1) is 0 Å². The predicted octanol–water partition coefficient (Wildman–Crippen LogP) is 7.13. The van der Waals surface area contributed by atoms with Crippen LogP contribution in [0.15, 0.2) is 45.3 Å². The van der Waals surface area contributed by atoms with E-state index in [9.17, 15) is 27.9 Å². The molecule has 5 rings (SSSR count). The number of likely N-dealkylation sites (tertiary alicyclic amines) is 1. The summed E-state index contributed by atoms with van der Waals surface area (Å²) in [5, 5.41) is 12.5. The fourth-order valence-corrected chi connectivity index (χ4v) is 7.55. The second-order valence-corrected chi connectivity index (χ2v) is 12.4. The zero-order valence-electron chi connectivity index (χ0n) is 20.6. The first-order valence-corrected chi connectivity index (χ1v) is 14.5. The summed E-state index contributed by atoms with van der Waals surface area (Å²) in [6.07, 6.45) is -0.00107. The molecule has 3 atom stereocenters. The highest BCUT2D eigenvalue weighted by molar-refractivity contribution is 9.11. The standard InChI is InChI=1S/C28H29Br2F3N2O3/c29-22-10-16(11-23(30)27(22)38)15-4-6-19(7-5-15)35-13-20-21(14-35)26(20)24(36)8-9-25(37)34-18-3-1-2-17(12-18)28(31,32)33/h1-3,10-12,15,19-21,26,38H,4-9,13-14H2,(H,34,37)/t15?,19?,20-,21+,26?. The van der Waals surface area contributed by atoms with E-state index in [1.54, 1.807) is 0 Å².